The first kappa shape index (κ1) is 28.5. The van der Waals surface area contributed by atoms with E-state index in [9.17, 15) is 52.7 Å². The van der Waals surface area contributed by atoms with E-state index < -0.39 is 79.1 Å². The number of pyridine rings is 1. The van der Waals surface area contributed by atoms with Gasteiger partial charge in [-0.2, -0.15) is 39.5 Å². The number of sulfonamides is 1. The van der Waals surface area contributed by atoms with Gasteiger partial charge in [-0.25, -0.2) is 18.2 Å². The van der Waals surface area contributed by atoms with Crippen LogP contribution in [0.1, 0.15) is 27.2 Å². The fourth-order valence-electron chi connectivity index (χ4n) is 2.86. The lowest BCUT2D eigenvalue weighted by Crippen LogP contribution is -2.18. The van der Waals surface area contributed by atoms with Crippen molar-refractivity contribution in [1.82, 2.24) is 4.98 Å². The molecule has 0 aliphatic carbocycles. The van der Waals surface area contributed by atoms with Gasteiger partial charge in [-0.05, 0) is 42.5 Å². The number of anilines is 1. The zero-order valence-electron chi connectivity index (χ0n) is 18.0. The van der Waals surface area contributed by atoms with Gasteiger partial charge in [0.25, 0.3) is 10.0 Å². The summed E-state index contributed by atoms with van der Waals surface area (Å²) < 4.78 is 151. The van der Waals surface area contributed by atoms with Crippen molar-refractivity contribution in [3.8, 4) is 11.6 Å². The van der Waals surface area contributed by atoms with E-state index in [0.29, 0.717) is 12.1 Å². The van der Waals surface area contributed by atoms with Gasteiger partial charge in [0, 0.05) is 6.07 Å². The maximum atomic E-state index is 13.2. The van der Waals surface area contributed by atoms with Crippen LogP contribution in [0.5, 0.6) is 11.6 Å². The molecule has 0 amide bonds. The van der Waals surface area contributed by atoms with Crippen molar-refractivity contribution >= 4 is 21.7 Å². The Bertz CT molecular complexity index is 1450. The number of carbonyl (C=O) groups is 1. The summed E-state index contributed by atoms with van der Waals surface area (Å²) in [5, 5.41) is 9.00. The largest absolute Gasteiger partial charge is 0.477 e. The van der Waals surface area contributed by atoms with Gasteiger partial charge in [-0.3, -0.25) is 4.72 Å². The number of carboxylic acids is 1. The van der Waals surface area contributed by atoms with Crippen LogP contribution in [0.2, 0.25) is 0 Å². The number of halogens is 9. The average Bonchev–Trinajstić information content (AvgIpc) is 2.78. The van der Waals surface area contributed by atoms with Gasteiger partial charge in [0.15, 0.2) is 11.4 Å². The van der Waals surface area contributed by atoms with Crippen molar-refractivity contribution in [2.24, 2.45) is 0 Å². The summed E-state index contributed by atoms with van der Waals surface area (Å²) in [7, 11) is -5.39. The van der Waals surface area contributed by atoms with E-state index in [-0.39, 0.29) is 24.3 Å². The first-order chi connectivity index (χ1) is 17.3. The van der Waals surface area contributed by atoms with Crippen LogP contribution in [-0.4, -0.2) is 24.5 Å². The van der Waals surface area contributed by atoms with E-state index in [4.69, 9.17) is 9.84 Å². The van der Waals surface area contributed by atoms with Crippen molar-refractivity contribution in [2.75, 3.05) is 4.72 Å². The van der Waals surface area contributed by atoms with Crippen LogP contribution < -0.4 is 9.46 Å². The smallest absolute Gasteiger partial charge is 0.416 e. The Kier molecular flexibility index (Phi) is 7.28. The molecule has 3 aromatic rings. The molecule has 2 aromatic carbocycles. The van der Waals surface area contributed by atoms with Crippen LogP contribution in [0.4, 0.5) is 45.2 Å². The van der Waals surface area contributed by atoms with E-state index in [1.54, 1.807) is 0 Å². The molecule has 3 rings (SSSR count). The molecule has 0 aliphatic rings. The number of hydrogen-bond acceptors (Lipinski definition) is 5. The highest BCUT2D eigenvalue weighted by Crippen LogP contribution is 2.40. The first-order valence-corrected chi connectivity index (χ1v) is 11.2. The number of ether oxygens (including phenoxy) is 1. The minimum absolute atomic E-state index is 0.135. The van der Waals surface area contributed by atoms with Crippen molar-refractivity contribution in [1.29, 1.82) is 0 Å². The fourth-order valence-corrected chi connectivity index (χ4v) is 3.99. The fraction of sp³-hybridized carbons (Fsp3) is 0.143. The number of alkyl halides is 9. The van der Waals surface area contributed by atoms with Gasteiger partial charge < -0.3 is 9.84 Å². The molecule has 0 radical (unpaired) electrons. The molecular formula is C21H11F9N2O5S. The normalized spacial score (nSPS) is 12.8. The number of carboxylic acid groups (broad SMARTS) is 1. The van der Waals surface area contributed by atoms with Crippen LogP contribution in [-0.2, 0) is 28.6 Å². The topological polar surface area (TPSA) is 106 Å². The number of nitrogens with one attached hydrogen (secondary N) is 1. The lowest BCUT2D eigenvalue weighted by atomic mass is 10.1. The van der Waals surface area contributed by atoms with Crippen LogP contribution >= 0.6 is 0 Å². The van der Waals surface area contributed by atoms with Gasteiger partial charge in [0.2, 0.25) is 5.88 Å². The Hall–Kier alpha value is -4.02. The summed E-state index contributed by atoms with van der Waals surface area (Å²) in [5.74, 6) is -2.79. The Morgan fingerprint density at radius 3 is 1.84 bits per heavy atom. The van der Waals surface area contributed by atoms with Gasteiger partial charge in [-0.15, -0.1) is 0 Å². The Morgan fingerprint density at radius 1 is 0.789 bits per heavy atom. The number of aromatic carboxylic acids is 1. The summed E-state index contributed by atoms with van der Waals surface area (Å²) in [6.45, 7) is 0. The molecule has 0 saturated carbocycles. The quantitative estimate of drug-likeness (QED) is 0.329. The second-order valence-corrected chi connectivity index (χ2v) is 9.01. The van der Waals surface area contributed by atoms with Crippen molar-refractivity contribution in [3.05, 3.63) is 77.0 Å². The third-order valence-electron chi connectivity index (χ3n) is 4.58. The average molecular weight is 574 g/mol. The predicted octanol–water partition coefficient (Wildman–Crippen LogP) is 6.43. The highest BCUT2D eigenvalue weighted by molar-refractivity contribution is 7.92. The van der Waals surface area contributed by atoms with Crippen LogP contribution in [0.15, 0.2) is 59.5 Å². The molecule has 0 fully saturated rings. The van der Waals surface area contributed by atoms with Crippen molar-refractivity contribution in [2.45, 2.75) is 23.4 Å². The van der Waals surface area contributed by atoms with Gasteiger partial charge in [0.05, 0.1) is 27.3 Å². The summed E-state index contributed by atoms with van der Waals surface area (Å²) in [4.78, 5) is 13.1. The lowest BCUT2D eigenvalue weighted by molar-refractivity contribution is -0.143. The van der Waals surface area contributed by atoms with E-state index in [0.717, 1.165) is 18.2 Å². The molecule has 0 bridgehead atoms. The highest BCUT2D eigenvalue weighted by Gasteiger charge is 2.39. The van der Waals surface area contributed by atoms with Crippen LogP contribution in [0, 0.1) is 0 Å². The van der Waals surface area contributed by atoms with Crippen LogP contribution in [0.25, 0.3) is 0 Å². The first-order valence-electron chi connectivity index (χ1n) is 9.69. The molecule has 7 nitrogen and oxygen atoms in total. The molecule has 38 heavy (non-hydrogen) atoms. The van der Waals surface area contributed by atoms with Crippen LogP contribution in [0.3, 0.4) is 0 Å². The number of nitrogens with zero attached hydrogens (tertiary/aromatic N) is 1. The Labute approximate surface area is 206 Å². The molecule has 0 spiro atoms. The van der Waals surface area contributed by atoms with Gasteiger partial charge >= 0.3 is 24.5 Å². The Balaban J connectivity index is 2.14. The van der Waals surface area contributed by atoms with Crippen molar-refractivity contribution < 1.29 is 62.6 Å². The number of benzene rings is 2. The number of aromatic nitrogens is 1. The number of rotatable bonds is 6. The van der Waals surface area contributed by atoms with Gasteiger partial charge in [-0.1, -0.05) is 6.07 Å². The lowest BCUT2D eigenvalue weighted by Gasteiger charge is -2.17. The van der Waals surface area contributed by atoms with Crippen molar-refractivity contribution in [3.63, 3.8) is 0 Å². The van der Waals surface area contributed by atoms with E-state index in [1.807, 2.05) is 0 Å². The second-order valence-electron chi connectivity index (χ2n) is 7.32. The monoisotopic (exact) mass is 574 g/mol. The molecular weight excluding hydrogens is 563 g/mol. The third kappa shape index (κ3) is 6.64. The Morgan fingerprint density at radius 2 is 1.34 bits per heavy atom. The highest BCUT2D eigenvalue weighted by atomic mass is 32.2. The SMILES string of the molecule is O=C(O)c1cccc(Oc2ccc(C(F)(F)F)cc2NS(=O)(=O)c2cc(C(F)(F)F)cc(C(F)(F)F)c2)n1. The summed E-state index contributed by atoms with van der Waals surface area (Å²) in [5.41, 5.74) is -7.05. The van der Waals surface area contributed by atoms with Gasteiger partial charge in [0.1, 0.15) is 0 Å². The van der Waals surface area contributed by atoms with E-state index >= 15 is 0 Å². The summed E-state index contributed by atoms with van der Waals surface area (Å²) >= 11 is 0. The molecule has 2 N–H and O–H groups in total. The zero-order valence-corrected chi connectivity index (χ0v) is 18.8. The maximum absolute atomic E-state index is 13.2. The third-order valence-corrected chi connectivity index (χ3v) is 5.92. The standard InChI is InChI=1S/C21H11F9N2O5S/c22-19(23,24)10-4-5-16(37-17-3-1-2-14(31-17)18(33)34)15(9-10)32-38(35,36)13-7-11(20(25,26)27)6-12(8-13)21(28,29)30/h1-9,32H,(H,33,34). The van der Waals surface area contributed by atoms with E-state index in [2.05, 4.69) is 4.98 Å². The summed E-state index contributed by atoms with van der Waals surface area (Å²) in [6.07, 6.45) is -15.9. The molecule has 1 aromatic heterocycles. The minimum Gasteiger partial charge on any atom is -0.477 e. The molecule has 0 atom stereocenters. The predicted molar refractivity (Wildman–Crippen MR) is 110 cm³/mol. The molecule has 1 heterocycles. The molecule has 17 heteroatoms. The second kappa shape index (κ2) is 9.70. The molecule has 0 saturated heterocycles. The van der Waals surface area contributed by atoms with E-state index in [1.165, 1.54) is 4.72 Å². The zero-order chi connectivity index (χ0) is 28.7. The minimum atomic E-state index is -5.41. The molecule has 0 unspecified atom stereocenters. The summed E-state index contributed by atoms with van der Waals surface area (Å²) in [6, 6.07) is 3.78. The molecule has 0 aliphatic heterocycles. The molecule has 204 valence electrons. The number of hydrogen-bond donors (Lipinski definition) is 2. The maximum Gasteiger partial charge on any atom is 0.416 e.